The normalized spacial score (nSPS) is 11.9. The molecule has 0 N–H and O–H groups in total. The Balaban J connectivity index is 0.868. The van der Waals surface area contributed by atoms with Crippen molar-refractivity contribution in [1.29, 1.82) is 0 Å². The summed E-state index contributed by atoms with van der Waals surface area (Å²) in [7, 11) is 0. The van der Waals surface area contributed by atoms with E-state index in [0.717, 1.165) is 100 Å². The van der Waals surface area contributed by atoms with Gasteiger partial charge in [-0.15, -0.1) is 25.7 Å². The fourth-order valence-corrected chi connectivity index (χ4v) is 12.9. The third-order valence-electron chi connectivity index (χ3n) is 17.2. The largest absolute Gasteiger partial charge is 0.310 e. The molecule has 0 fully saturated rings. The number of benzene rings is 12. The molecular weight excluding hydrogens is 1020 g/mol. The monoisotopic (exact) mass is 1080 g/mol. The van der Waals surface area contributed by atoms with Crippen LogP contribution in [0.2, 0.25) is 0 Å². The zero-order valence-electron chi connectivity index (χ0n) is 47.1. The quantitative estimate of drug-likeness (QED) is 0.124. The molecule has 1 heterocycles. The second-order valence-electron chi connectivity index (χ2n) is 22.2. The molecule has 12 aromatic carbocycles. The number of anilines is 3. The molecule has 1 aliphatic carbocycles. The predicted octanol–water partition coefficient (Wildman–Crippen LogP) is 20.5. The molecule has 0 spiro atoms. The Morgan fingerprint density at radius 1 is 0.306 bits per heavy atom. The topological polar surface area (TPSA) is 8.17 Å². The van der Waals surface area contributed by atoms with E-state index in [9.17, 15) is 0 Å². The summed E-state index contributed by atoms with van der Waals surface area (Å²) in [5.74, 6) is 11.4. The first-order valence-electron chi connectivity index (χ1n) is 28.5. The zero-order valence-corrected chi connectivity index (χ0v) is 47.1. The summed E-state index contributed by atoms with van der Waals surface area (Å²) in [4.78, 5) is 2.39. The molecule has 0 saturated carbocycles. The first-order chi connectivity index (χ1) is 41.7. The molecule has 14 rings (SSSR count). The van der Waals surface area contributed by atoms with Gasteiger partial charge in [-0.2, -0.15) is 0 Å². The molecule has 13 aromatic rings. The highest BCUT2D eigenvalue weighted by molar-refractivity contribution is 6.12. The van der Waals surface area contributed by atoms with E-state index in [1.165, 1.54) is 33.4 Å². The van der Waals surface area contributed by atoms with Crippen LogP contribution in [0.5, 0.6) is 0 Å². The lowest BCUT2D eigenvalue weighted by atomic mass is 9.82. The van der Waals surface area contributed by atoms with Gasteiger partial charge in [0.2, 0.25) is 0 Å². The molecule has 2 heteroatoms. The fourth-order valence-electron chi connectivity index (χ4n) is 12.9. The molecule has 1 aliphatic rings. The molecule has 1 aromatic heterocycles. The molecule has 0 radical (unpaired) electrons. The molecule has 0 atom stereocenters. The van der Waals surface area contributed by atoms with E-state index >= 15 is 0 Å². The van der Waals surface area contributed by atoms with Crippen molar-refractivity contribution in [3.63, 3.8) is 0 Å². The summed E-state index contributed by atoms with van der Waals surface area (Å²) in [6.07, 6.45) is 24.4. The summed E-state index contributed by atoms with van der Waals surface area (Å²) in [6, 6.07) is 95.6. The number of hydrogen-bond donors (Lipinski definition) is 0. The van der Waals surface area contributed by atoms with Crippen molar-refractivity contribution in [2.24, 2.45) is 0 Å². The second-order valence-corrected chi connectivity index (χ2v) is 22.2. The number of hydrogen-bond acceptors (Lipinski definition) is 1. The van der Waals surface area contributed by atoms with E-state index in [4.69, 9.17) is 25.7 Å². The van der Waals surface area contributed by atoms with Gasteiger partial charge in [0.15, 0.2) is 0 Å². The van der Waals surface area contributed by atoms with Crippen molar-refractivity contribution < 1.29 is 0 Å². The van der Waals surface area contributed by atoms with E-state index in [0.29, 0.717) is 22.3 Å². The van der Waals surface area contributed by atoms with Crippen LogP contribution >= 0.6 is 0 Å². The zero-order chi connectivity index (χ0) is 57.8. The van der Waals surface area contributed by atoms with Crippen molar-refractivity contribution in [3.05, 3.63) is 300 Å². The summed E-state index contributed by atoms with van der Waals surface area (Å²) in [6.45, 7) is 4.69. The van der Waals surface area contributed by atoms with Crippen LogP contribution in [-0.4, -0.2) is 4.57 Å². The van der Waals surface area contributed by atoms with Crippen LogP contribution in [0.3, 0.4) is 0 Å². The van der Waals surface area contributed by atoms with Crippen LogP contribution in [0, 0.1) is 49.4 Å². The third-order valence-corrected chi connectivity index (χ3v) is 17.2. The summed E-state index contributed by atoms with van der Waals surface area (Å²) in [5, 5.41) is 2.31. The van der Waals surface area contributed by atoms with Gasteiger partial charge in [-0.1, -0.05) is 207 Å². The lowest BCUT2D eigenvalue weighted by molar-refractivity contribution is 0.660. The molecule has 0 unspecified atom stereocenters. The molecule has 0 amide bonds. The molecule has 0 bridgehead atoms. The Hall–Kier alpha value is -11.5. The number of nitrogens with zero attached hydrogens (tertiary/aromatic N) is 2. The minimum Gasteiger partial charge on any atom is -0.310 e. The number of para-hydroxylation sites is 1. The molecule has 0 saturated heterocycles. The van der Waals surface area contributed by atoms with Crippen molar-refractivity contribution in [3.8, 4) is 133 Å². The summed E-state index contributed by atoms with van der Waals surface area (Å²) >= 11 is 0. The van der Waals surface area contributed by atoms with Gasteiger partial charge >= 0.3 is 0 Å². The number of terminal acetylenes is 4. The molecule has 2 nitrogen and oxygen atoms in total. The Bertz CT molecular complexity index is 4990. The average molecular weight is 1080 g/mol. The maximum Gasteiger partial charge on any atom is 0.0541 e. The Morgan fingerprint density at radius 2 is 0.753 bits per heavy atom. The van der Waals surface area contributed by atoms with Crippen LogP contribution in [-0.2, 0) is 5.41 Å². The van der Waals surface area contributed by atoms with E-state index in [2.05, 4.69) is 278 Å². The minimum absolute atomic E-state index is 0.144. The molecule has 396 valence electrons. The molecular formula is C83H54N2. The lowest BCUT2D eigenvalue weighted by Crippen LogP contribution is -2.16. The number of rotatable bonds is 10. The van der Waals surface area contributed by atoms with E-state index in [-0.39, 0.29) is 5.41 Å². The Morgan fingerprint density at radius 3 is 1.40 bits per heavy atom. The van der Waals surface area contributed by atoms with Crippen molar-refractivity contribution in [2.45, 2.75) is 19.3 Å². The van der Waals surface area contributed by atoms with Crippen LogP contribution in [0.15, 0.2) is 267 Å². The van der Waals surface area contributed by atoms with Crippen molar-refractivity contribution in [2.75, 3.05) is 4.90 Å². The van der Waals surface area contributed by atoms with Gasteiger partial charge in [0, 0.05) is 61.2 Å². The van der Waals surface area contributed by atoms with Gasteiger partial charge in [0.05, 0.1) is 11.0 Å². The van der Waals surface area contributed by atoms with Crippen molar-refractivity contribution >= 4 is 38.9 Å². The SMILES string of the molecule is C#Cc1cccc(-c2ccc(-c3cccc(-c4ccc5c(c4)c4cc(-c6ccc(N(c7ccc(-c8ccccc8)cc7)c7ccc8c(c7)C(C)(C)c7ccccc7-8)cc6)ccc4n5-c4ccccc4)c3)c(-c3cccc(C#C)c3C#C)c2)c1C#C. The third kappa shape index (κ3) is 8.87. The first-order valence-corrected chi connectivity index (χ1v) is 28.5. The van der Waals surface area contributed by atoms with E-state index < -0.39 is 0 Å². The van der Waals surface area contributed by atoms with Gasteiger partial charge in [-0.25, -0.2) is 0 Å². The maximum atomic E-state index is 6.26. The van der Waals surface area contributed by atoms with Crippen molar-refractivity contribution in [1.82, 2.24) is 4.57 Å². The van der Waals surface area contributed by atoms with Crippen LogP contribution in [0.4, 0.5) is 17.1 Å². The van der Waals surface area contributed by atoms with Gasteiger partial charge in [-0.05, 0) is 186 Å². The maximum absolute atomic E-state index is 6.26. The average Bonchev–Trinajstić information content (AvgIpc) is 2.14. The summed E-state index contributed by atoms with van der Waals surface area (Å²) in [5.41, 5.74) is 26.8. The standard InChI is InChI=1S/C83H54N2/c1-7-55-24-20-31-71(69(55)9-3)64-38-46-72(76(53-64)73-32-21-25-56(8-2)70(73)10-4)63-27-19-26-60(50-63)62-40-49-82-78(52-62)77-51-61(39-48-81(77)85(82)65-28-15-12-16-29-65)59-36-43-67(44-37-59)84(66-41-34-58(35-42-66)57-22-13-11-14-23-57)68-45-47-75-74-30-17-18-33-79(74)83(5,6)80(75)54-68/h1-4,11-54H,5-6H3. The van der Waals surface area contributed by atoms with Crippen LogP contribution in [0.1, 0.15) is 47.2 Å². The number of fused-ring (bicyclic) bond motifs is 6. The summed E-state index contributed by atoms with van der Waals surface area (Å²) < 4.78 is 2.38. The molecule has 0 aliphatic heterocycles. The van der Waals surface area contributed by atoms with Gasteiger partial charge < -0.3 is 9.47 Å². The smallest absolute Gasteiger partial charge is 0.0541 e. The Labute approximate surface area is 498 Å². The van der Waals surface area contributed by atoms with E-state index in [1.807, 2.05) is 36.4 Å². The van der Waals surface area contributed by atoms with Gasteiger partial charge in [0.25, 0.3) is 0 Å². The highest BCUT2D eigenvalue weighted by Gasteiger charge is 2.36. The second kappa shape index (κ2) is 21.1. The highest BCUT2D eigenvalue weighted by Crippen LogP contribution is 2.51. The highest BCUT2D eigenvalue weighted by atomic mass is 15.1. The van der Waals surface area contributed by atoms with Gasteiger partial charge in [-0.3, -0.25) is 0 Å². The minimum atomic E-state index is -0.144. The number of aromatic nitrogens is 1. The molecule has 85 heavy (non-hydrogen) atoms. The van der Waals surface area contributed by atoms with Crippen LogP contribution in [0.25, 0.3) is 105 Å². The van der Waals surface area contributed by atoms with Gasteiger partial charge in [0.1, 0.15) is 0 Å². The fraction of sp³-hybridized carbons (Fsp3) is 0.0361. The lowest BCUT2D eigenvalue weighted by Gasteiger charge is -2.28. The van der Waals surface area contributed by atoms with Crippen LogP contribution < -0.4 is 4.90 Å². The Kier molecular flexibility index (Phi) is 12.8. The van der Waals surface area contributed by atoms with E-state index in [1.54, 1.807) is 0 Å². The predicted molar refractivity (Wildman–Crippen MR) is 357 cm³/mol. The first kappa shape index (κ1) is 51.6.